The molecule has 10 heteroatoms. The van der Waals surface area contributed by atoms with Gasteiger partial charge in [-0.15, -0.1) is 0 Å². The average Bonchev–Trinajstić information content (AvgIpc) is 3.34. The highest BCUT2D eigenvalue weighted by molar-refractivity contribution is 6.02. The Morgan fingerprint density at radius 3 is 2.61 bits per heavy atom. The van der Waals surface area contributed by atoms with E-state index < -0.39 is 0 Å². The third kappa shape index (κ3) is 6.55. The van der Waals surface area contributed by atoms with Crippen LogP contribution in [-0.4, -0.2) is 73.0 Å². The minimum atomic E-state index is -0.319. The summed E-state index contributed by atoms with van der Waals surface area (Å²) in [5.74, 6) is 0.624. The molecule has 0 aliphatic carbocycles. The molecular formula is C31H37N7O3. The van der Waals surface area contributed by atoms with Gasteiger partial charge in [0.25, 0.3) is 0 Å². The number of benzene rings is 2. The van der Waals surface area contributed by atoms with Gasteiger partial charge in [0.1, 0.15) is 12.0 Å². The number of methoxy groups -OCH3 is 1. The van der Waals surface area contributed by atoms with Crippen LogP contribution in [0.15, 0.2) is 61.4 Å². The van der Waals surface area contributed by atoms with Crippen molar-refractivity contribution in [3.63, 3.8) is 0 Å². The number of hydrogen-bond acceptors (Lipinski definition) is 8. The predicted molar refractivity (Wildman–Crippen MR) is 165 cm³/mol. The largest absolute Gasteiger partial charge is 0.494 e. The molecule has 2 aromatic heterocycles. The Hall–Kier alpha value is -4.70. The van der Waals surface area contributed by atoms with Crippen molar-refractivity contribution in [2.45, 2.75) is 19.9 Å². The van der Waals surface area contributed by atoms with Crippen LogP contribution in [-0.2, 0) is 22.6 Å². The van der Waals surface area contributed by atoms with Crippen molar-refractivity contribution in [3.05, 3.63) is 67.0 Å². The van der Waals surface area contributed by atoms with Crippen molar-refractivity contribution < 1.29 is 14.3 Å². The lowest BCUT2D eigenvalue weighted by molar-refractivity contribution is -0.112. The number of rotatable bonds is 13. The monoisotopic (exact) mass is 555 g/mol. The van der Waals surface area contributed by atoms with Crippen LogP contribution in [0.3, 0.4) is 0 Å². The first-order valence-electron chi connectivity index (χ1n) is 13.5. The number of aldehydes is 1. The minimum absolute atomic E-state index is 0.254. The second-order valence-electron chi connectivity index (χ2n) is 9.91. The summed E-state index contributed by atoms with van der Waals surface area (Å²) in [4.78, 5) is 37.3. The van der Waals surface area contributed by atoms with Crippen molar-refractivity contribution in [2.24, 2.45) is 0 Å². The third-order valence-corrected chi connectivity index (χ3v) is 6.86. The van der Waals surface area contributed by atoms with Crippen molar-refractivity contribution in [1.29, 1.82) is 0 Å². The fraction of sp³-hybridized carbons (Fsp3) is 0.290. The van der Waals surface area contributed by atoms with E-state index >= 15 is 0 Å². The van der Waals surface area contributed by atoms with Gasteiger partial charge in [0.05, 0.1) is 36.4 Å². The van der Waals surface area contributed by atoms with Crippen LogP contribution in [0, 0.1) is 0 Å². The number of aryl methyl sites for hydroxylation is 1. The van der Waals surface area contributed by atoms with Gasteiger partial charge in [-0.3, -0.25) is 4.79 Å². The molecule has 0 fully saturated rings. The topological polar surface area (TPSA) is 105 Å². The van der Waals surface area contributed by atoms with E-state index in [-0.39, 0.29) is 12.5 Å². The molecule has 0 radical (unpaired) electrons. The lowest BCUT2D eigenvalue weighted by Crippen LogP contribution is -2.29. The maximum atomic E-state index is 12.3. The van der Waals surface area contributed by atoms with E-state index in [0.29, 0.717) is 23.1 Å². The van der Waals surface area contributed by atoms with Gasteiger partial charge >= 0.3 is 0 Å². The molecule has 41 heavy (non-hydrogen) atoms. The third-order valence-electron chi connectivity index (χ3n) is 6.86. The smallest absolute Gasteiger partial charge is 0.247 e. The standard InChI is InChI=1S/C31H37N7O3/c1-7-21-19-32-31(35-30(21)23-20-38(15-16-39)26-12-10-9-11-22(23)26)34-25-17-24(33-29(40)8-2)27(18-28(25)41-6)37(5)14-13-36(3)4/h8-12,16-20H,2,7,13-15H2,1,3-6H3,(H,33,40)(H,32,34,35). The van der Waals surface area contributed by atoms with E-state index in [1.807, 2.05) is 74.5 Å². The number of amides is 1. The summed E-state index contributed by atoms with van der Waals surface area (Å²) < 4.78 is 7.67. The summed E-state index contributed by atoms with van der Waals surface area (Å²) in [7, 11) is 7.59. The zero-order valence-electron chi connectivity index (χ0n) is 24.3. The number of ether oxygens (including phenoxy) is 1. The number of nitrogens with zero attached hydrogens (tertiary/aromatic N) is 5. The SMILES string of the molecule is C=CC(=O)Nc1cc(Nc2ncc(CC)c(-c3cn(CC=O)c4ccccc34)n2)c(OC)cc1N(C)CCN(C)C. The quantitative estimate of drug-likeness (QED) is 0.180. The molecule has 4 rings (SSSR count). The second kappa shape index (κ2) is 13.1. The van der Waals surface area contributed by atoms with E-state index in [1.54, 1.807) is 7.11 Å². The van der Waals surface area contributed by atoms with Gasteiger partial charge in [-0.1, -0.05) is 31.7 Å². The fourth-order valence-corrected chi connectivity index (χ4v) is 4.65. The van der Waals surface area contributed by atoms with Gasteiger partial charge in [-0.05, 0) is 44.3 Å². The van der Waals surface area contributed by atoms with Crippen LogP contribution < -0.4 is 20.3 Å². The molecule has 4 aromatic rings. The highest BCUT2D eigenvalue weighted by atomic mass is 16.5. The Labute approximate surface area is 240 Å². The molecule has 0 bridgehead atoms. The number of aromatic nitrogens is 3. The summed E-state index contributed by atoms with van der Waals surface area (Å²) in [5, 5.41) is 7.22. The molecule has 10 nitrogen and oxygen atoms in total. The Morgan fingerprint density at radius 1 is 1.15 bits per heavy atom. The molecule has 0 saturated heterocycles. The summed E-state index contributed by atoms with van der Waals surface area (Å²) >= 11 is 0. The lowest BCUT2D eigenvalue weighted by Gasteiger charge is -2.26. The molecule has 0 atom stereocenters. The van der Waals surface area contributed by atoms with E-state index in [4.69, 9.17) is 9.72 Å². The molecule has 0 aliphatic rings. The number of anilines is 4. The van der Waals surface area contributed by atoms with E-state index in [0.717, 1.165) is 59.2 Å². The van der Waals surface area contributed by atoms with Crippen LogP contribution in [0.1, 0.15) is 12.5 Å². The van der Waals surface area contributed by atoms with Crippen molar-refractivity contribution >= 4 is 46.1 Å². The molecule has 2 heterocycles. The van der Waals surface area contributed by atoms with Crippen LogP contribution in [0.5, 0.6) is 5.75 Å². The fourth-order valence-electron chi connectivity index (χ4n) is 4.65. The highest BCUT2D eigenvalue weighted by Gasteiger charge is 2.19. The van der Waals surface area contributed by atoms with Gasteiger partial charge in [-0.25, -0.2) is 9.97 Å². The number of nitrogens with one attached hydrogen (secondary N) is 2. The molecular weight excluding hydrogens is 518 g/mol. The minimum Gasteiger partial charge on any atom is -0.494 e. The zero-order valence-corrected chi connectivity index (χ0v) is 24.3. The molecule has 0 saturated carbocycles. The molecule has 0 unspecified atom stereocenters. The lowest BCUT2D eigenvalue weighted by atomic mass is 10.0. The predicted octanol–water partition coefficient (Wildman–Crippen LogP) is 4.73. The van der Waals surface area contributed by atoms with Gasteiger partial charge in [0.15, 0.2) is 0 Å². The Morgan fingerprint density at radius 2 is 1.93 bits per heavy atom. The van der Waals surface area contributed by atoms with Crippen LogP contribution in [0.2, 0.25) is 0 Å². The zero-order chi connectivity index (χ0) is 29.5. The summed E-state index contributed by atoms with van der Waals surface area (Å²) in [6.45, 7) is 7.47. The Balaban J connectivity index is 1.78. The molecule has 214 valence electrons. The first kappa shape index (κ1) is 29.3. The van der Waals surface area contributed by atoms with Crippen molar-refractivity contribution in [2.75, 3.05) is 56.9 Å². The highest BCUT2D eigenvalue weighted by Crippen LogP contribution is 2.38. The number of likely N-dealkylation sites (N-methyl/N-ethyl adjacent to an activating group) is 2. The maximum absolute atomic E-state index is 12.3. The van der Waals surface area contributed by atoms with Gasteiger partial charge in [0.2, 0.25) is 11.9 Å². The normalized spacial score (nSPS) is 11.0. The summed E-state index contributed by atoms with van der Waals surface area (Å²) in [6.07, 6.45) is 6.64. The molecule has 0 spiro atoms. The number of carbonyl (C=O) groups is 2. The van der Waals surface area contributed by atoms with Gasteiger partial charge in [0, 0.05) is 55.1 Å². The van der Waals surface area contributed by atoms with Crippen LogP contribution >= 0.6 is 0 Å². The van der Waals surface area contributed by atoms with Crippen LogP contribution in [0.4, 0.5) is 23.0 Å². The van der Waals surface area contributed by atoms with E-state index in [2.05, 4.69) is 38.9 Å². The molecule has 2 N–H and O–H groups in total. The molecule has 0 aliphatic heterocycles. The molecule has 1 amide bonds. The average molecular weight is 556 g/mol. The summed E-state index contributed by atoms with van der Waals surface area (Å²) in [6, 6.07) is 11.7. The van der Waals surface area contributed by atoms with Crippen molar-refractivity contribution in [3.8, 4) is 17.0 Å². The first-order valence-corrected chi connectivity index (χ1v) is 13.5. The number of carbonyl (C=O) groups excluding carboxylic acids is 2. The Bertz CT molecular complexity index is 1560. The van der Waals surface area contributed by atoms with Crippen molar-refractivity contribution in [1.82, 2.24) is 19.4 Å². The van der Waals surface area contributed by atoms with E-state index in [1.165, 1.54) is 6.08 Å². The number of para-hydroxylation sites is 1. The first-order chi connectivity index (χ1) is 19.8. The number of hydrogen-bond donors (Lipinski definition) is 2. The van der Waals surface area contributed by atoms with Gasteiger partial charge < -0.3 is 34.5 Å². The summed E-state index contributed by atoms with van der Waals surface area (Å²) in [5.41, 5.74) is 5.64. The van der Waals surface area contributed by atoms with Gasteiger partial charge in [-0.2, -0.15) is 0 Å². The molecule has 2 aromatic carbocycles. The number of fused-ring (bicyclic) bond motifs is 1. The van der Waals surface area contributed by atoms with Crippen LogP contribution in [0.25, 0.3) is 22.2 Å². The Kier molecular flexibility index (Phi) is 9.36. The maximum Gasteiger partial charge on any atom is 0.247 e. The second-order valence-corrected chi connectivity index (χ2v) is 9.91. The van der Waals surface area contributed by atoms with E-state index in [9.17, 15) is 9.59 Å².